The highest BCUT2D eigenvalue weighted by atomic mass is 19.1. The summed E-state index contributed by atoms with van der Waals surface area (Å²) in [6.45, 7) is 5.78. The Morgan fingerprint density at radius 1 is 1.03 bits per heavy atom. The summed E-state index contributed by atoms with van der Waals surface area (Å²) in [4.78, 5) is 24.7. The molecule has 1 N–H and O–H groups in total. The van der Waals surface area contributed by atoms with Gasteiger partial charge in [0.05, 0.1) is 35.7 Å². The molecular formula is C22H21F2N3O3. The van der Waals surface area contributed by atoms with Gasteiger partial charge in [0.2, 0.25) is 0 Å². The molecule has 2 aromatic carbocycles. The van der Waals surface area contributed by atoms with E-state index in [1.54, 1.807) is 16.8 Å². The van der Waals surface area contributed by atoms with Crippen molar-refractivity contribution in [1.29, 1.82) is 0 Å². The van der Waals surface area contributed by atoms with E-state index in [-0.39, 0.29) is 16.8 Å². The lowest BCUT2D eigenvalue weighted by Gasteiger charge is -2.23. The lowest BCUT2D eigenvalue weighted by Crippen LogP contribution is -2.24. The molecule has 3 rings (SSSR count). The number of halogens is 2. The molecular weight excluding hydrogens is 392 g/mol. The third kappa shape index (κ3) is 4.22. The van der Waals surface area contributed by atoms with Crippen molar-refractivity contribution in [3.05, 3.63) is 71.4 Å². The second-order valence-corrected chi connectivity index (χ2v) is 7.64. The molecule has 1 amide bonds. The predicted octanol–water partition coefficient (Wildman–Crippen LogP) is 4.62. The molecule has 0 fully saturated rings. The molecule has 0 unspecified atom stereocenters. The van der Waals surface area contributed by atoms with Gasteiger partial charge in [-0.15, -0.1) is 0 Å². The second kappa shape index (κ2) is 8.06. The van der Waals surface area contributed by atoms with E-state index in [9.17, 15) is 18.4 Å². The van der Waals surface area contributed by atoms with E-state index in [0.717, 1.165) is 13.2 Å². The standard InChI is InChI=1S/C22H21F2N3O3/c1-22(2,3)27-19(13-5-7-14(23)8-6-13)17(12-25-27)20(28)26-15-9-10-18(24)16(11-15)21(29)30-4/h5-12H,1-4H3,(H,26,28). The maximum atomic E-state index is 13.9. The maximum Gasteiger partial charge on any atom is 0.340 e. The van der Waals surface area contributed by atoms with Crippen molar-refractivity contribution in [3.63, 3.8) is 0 Å². The van der Waals surface area contributed by atoms with Crippen molar-refractivity contribution in [1.82, 2.24) is 9.78 Å². The van der Waals surface area contributed by atoms with Crippen LogP contribution in [0.5, 0.6) is 0 Å². The third-order valence-electron chi connectivity index (χ3n) is 4.40. The van der Waals surface area contributed by atoms with Gasteiger partial charge >= 0.3 is 5.97 Å². The number of nitrogens with one attached hydrogen (secondary N) is 1. The van der Waals surface area contributed by atoms with Gasteiger partial charge in [0.15, 0.2) is 0 Å². The molecule has 6 nitrogen and oxygen atoms in total. The minimum atomic E-state index is -0.851. The largest absolute Gasteiger partial charge is 0.465 e. The number of hydrogen-bond acceptors (Lipinski definition) is 4. The summed E-state index contributed by atoms with van der Waals surface area (Å²) in [7, 11) is 1.14. The normalized spacial score (nSPS) is 11.3. The van der Waals surface area contributed by atoms with Crippen LogP contribution in [0.1, 0.15) is 41.5 Å². The molecule has 8 heteroatoms. The molecule has 3 aromatic rings. The van der Waals surface area contributed by atoms with E-state index in [0.29, 0.717) is 11.3 Å². The highest BCUT2D eigenvalue weighted by molar-refractivity contribution is 6.08. The van der Waals surface area contributed by atoms with Crippen LogP contribution in [0, 0.1) is 11.6 Å². The SMILES string of the molecule is COC(=O)c1cc(NC(=O)c2cnn(C(C)(C)C)c2-c2ccc(F)cc2)ccc1F. The number of amides is 1. The Bertz CT molecular complexity index is 1100. The Hall–Kier alpha value is -3.55. The highest BCUT2D eigenvalue weighted by Crippen LogP contribution is 2.30. The van der Waals surface area contributed by atoms with Gasteiger partial charge < -0.3 is 10.1 Å². The van der Waals surface area contributed by atoms with Crippen molar-refractivity contribution in [2.75, 3.05) is 12.4 Å². The number of aromatic nitrogens is 2. The quantitative estimate of drug-likeness (QED) is 0.634. The first kappa shape index (κ1) is 21.2. The highest BCUT2D eigenvalue weighted by Gasteiger charge is 2.25. The third-order valence-corrected chi connectivity index (χ3v) is 4.40. The number of rotatable bonds is 4. The van der Waals surface area contributed by atoms with Gasteiger partial charge in [-0.05, 0) is 63.2 Å². The number of carbonyl (C=O) groups is 2. The topological polar surface area (TPSA) is 73.2 Å². The molecule has 0 saturated heterocycles. The predicted molar refractivity (Wildman–Crippen MR) is 108 cm³/mol. The first-order valence-corrected chi connectivity index (χ1v) is 9.15. The number of anilines is 1. The van der Waals surface area contributed by atoms with Gasteiger partial charge in [0.25, 0.3) is 5.91 Å². The van der Waals surface area contributed by atoms with Crippen molar-refractivity contribution in [2.45, 2.75) is 26.3 Å². The minimum Gasteiger partial charge on any atom is -0.465 e. The van der Waals surface area contributed by atoms with E-state index in [1.807, 2.05) is 20.8 Å². The zero-order valence-electron chi connectivity index (χ0n) is 17.0. The number of carbonyl (C=O) groups excluding carboxylic acids is 2. The van der Waals surface area contributed by atoms with Crippen molar-refractivity contribution >= 4 is 17.6 Å². The summed E-state index contributed by atoms with van der Waals surface area (Å²) < 4.78 is 33.5. The van der Waals surface area contributed by atoms with Gasteiger partial charge in [0.1, 0.15) is 11.6 Å². The molecule has 0 aliphatic carbocycles. The Kier molecular flexibility index (Phi) is 5.69. The van der Waals surface area contributed by atoms with Gasteiger partial charge in [0, 0.05) is 11.3 Å². The smallest absolute Gasteiger partial charge is 0.340 e. The van der Waals surface area contributed by atoms with E-state index in [1.165, 1.54) is 30.5 Å². The molecule has 0 atom stereocenters. The minimum absolute atomic E-state index is 0.218. The molecule has 1 aromatic heterocycles. The van der Waals surface area contributed by atoms with Crippen LogP contribution in [0.2, 0.25) is 0 Å². The van der Waals surface area contributed by atoms with Gasteiger partial charge in [-0.25, -0.2) is 13.6 Å². The summed E-state index contributed by atoms with van der Waals surface area (Å²) in [5, 5.41) is 7.00. The van der Waals surface area contributed by atoms with Crippen LogP contribution in [0.3, 0.4) is 0 Å². The van der Waals surface area contributed by atoms with Crippen LogP contribution in [0.25, 0.3) is 11.3 Å². The Balaban J connectivity index is 2.02. The van der Waals surface area contributed by atoms with Crippen LogP contribution in [-0.4, -0.2) is 28.8 Å². The van der Waals surface area contributed by atoms with Crippen LogP contribution < -0.4 is 5.32 Å². The van der Waals surface area contributed by atoms with Gasteiger partial charge in [-0.2, -0.15) is 5.10 Å². The Morgan fingerprint density at radius 3 is 2.30 bits per heavy atom. The van der Waals surface area contributed by atoms with Crippen LogP contribution in [-0.2, 0) is 10.3 Å². The molecule has 0 saturated carbocycles. The lowest BCUT2D eigenvalue weighted by atomic mass is 10.0. The summed E-state index contributed by atoms with van der Waals surface area (Å²) in [5.74, 6) is -2.51. The molecule has 0 bridgehead atoms. The van der Waals surface area contributed by atoms with Crippen LogP contribution >= 0.6 is 0 Å². The number of esters is 1. The summed E-state index contributed by atoms with van der Waals surface area (Å²) in [6, 6.07) is 9.36. The molecule has 0 aliphatic rings. The number of nitrogens with zero attached hydrogens (tertiary/aromatic N) is 2. The summed E-state index contributed by atoms with van der Waals surface area (Å²) in [5.41, 5.74) is 0.852. The van der Waals surface area contributed by atoms with Crippen LogP contribution in [0.4, 0.5) is 14.5 Å². The first-order valence-electron chi connectivity index (χ1n) is 9.15. The Labute approximate surface area is 172 Å². The second-order valence-electron chi connectivity index (χ2n) is 7.64. The monoisotopic (exact) mass is 413 g/mol. The van der Waals surface area contributed by atoms with Crippen LogP contribution in [0.15, 0.2) is 48.7 Å². The number of hydrogen-bond donors (Lipinski definition) is 1. The fourth-order valence-electron chi connectivity index (χ4n) is 2.98. The maximum absolute atomic E-state index is 13.9. The zero-order chi connectivity index (χ0) is 22.1. The average Bonchev–Trinajstić information content (AvgIpc) is 3.15. The molecule has 0 spiro atoms. The molecule has 30 heavy (non-hydrogen) atoms. The average molecular weight is 413 g/mol. The number of methoxy groups -OCH3 is 1. The summed E-state index contributed by atoms with van der Waals surface area (Å²) in [6.07, 6.45) is 1.42. The molecule has 0 radical (unpaired) electrons. The summed E-state index contributed by atoms with van der Waals surface area (Å²) >= 11 is 0. The Morgan fingerprint density at radius 2 is 1.70 bits per heavy atom. The molecule has 1 heterocycles. The van der Waals surface area contributed by atoms with E-state index in [2.05, 4.69) is 15.2 Å². The van der Waals surface area contributed by atoms with Gasteiger partial charge in [-0.3, -0.25) is 9.48 Å². The molecule has 0 aliphatic heterocycles. The number of ether oxygens (including phenoxy) is 1. The van der Waals surface area contributed by atoms with Gasteiger partial charge in [-0.1, -0.05) is 0 Å². The van der Waals surface area contributed by atoms with E-state index in [4.69, 9.17) is 0 Å². The fraction of sp³-hybridized carbons (Fsp3) is 0.227. The van der Waals surface area contributed by atoms with E-state index >= 15 is 0 Å². The van der Waals surface area contributed by atoms with Crippen molar-refractivity contribution < 1.29 is 23.1 Å². The van der Waals surface area contributed by atoms with E-state index < -0.39 is 29.0 Å². The fourth-order valence-corrected chi connectivity index (χ4v) is 2.98. The van der Waals surface area contributed by atoms with Crippen molar-refractivity contribution in [3.8, 4) is 11.3 Å². The lowest BCUT2D eigenvalue weighted by molar-refractivity contribution is 0.0595. The molecule has 156 valence electrons. The zero-order valence-corrected chi connectivity index (χ0v) is 17.0. The number of benzene rings is 2. The first-order chi connectivity index (χ1) is 14.1. The van der Waals surface area contributed by atoms with Crippen molar-refractivity contribution in [2.24, 2.45) is 0 Å².